The highest BCUT2D eigenvalue weighted by atomic mass is 32.2. The number of methoxy groups -OCH3 is 2. The predicted molar refractivity (Wildman–Crippen MR) is 192 cm³/mol. The molecule has 16 nitrogen and oxygen atoms in total. The first kappa shape index (κ1) is 40.9. The summed E-state index contributed by atoms with van der Waals surface area (Å²) in [5.41, 5.74) is -3.28. The number of ether oxygens (including phenoxy) is 3. The van der Waals surface area contributed by atoms with Crippen LogP contribution in [0.2, 0.25) is 0 Å². The standard InChI is InChI=1S/C36H45F3N6O10S/c1-19-7-5-6-8-21-16-35(21,32(48)44-56(51,52)34(2)11-12-34)43-29(46)26-15-23(17-45(26)31(47)27(42-33(49)50)20(13-19)18-53-3)55-30-28(36(37,38)39)40-24-10-9-22(54-4)14-25(24)41-30/h6,8-10,14,19-21,23,26-27,42H,5,7,11-13,15-18H2,1-4H3,(H,43,46)(H,44,48)(H,49,50)/b8-6-/t19-,20+,21-,23-,26+,27+,35-/m1/s1. The summed E-state index contributed by atoms with van der Waals surface area (Å²) in [4.78, 5) is 63.7. The smallest absolute Gasteiger partial charge is 0.438 e. The average Bonchev–Trinajstić information content (AvgIpc) is 4.01. The molecule has 2 aliphatic heterocycles. The predicted octanol–water partition coefficient (Wildman–Crippen LogP) is 3.15. The van der Waals surface area contributed by atoms with Crippen molar-refractivity contribution in [2.24, 2.45) is 17.8 Å². The third-order valence-electron chi connectivity index (χ3n) is 11.1. The lowest BCUT2D eigenvalue weighted by Crippen LogP contribution is -2.59. The number of nitrogens with one attached hydrogen (secondary N) is 3. The fourth-order valence-electron chi connectivity index (χ4n) is 7.49. The zero-order valence-corrected chi connectivity index (χ0v) is 32.0. The van der Waals surface area contributed by atoms with E-state index >= 15 is 0 Å². The molecular weight excluding hydrogens is 765 g/mol. The Balaban J connectivity index is 1.39. The van der Waals surface area contributed by atoms with Crippen molar-refractivity contribution in [1.29, 1.82) is 0 Å². The molecule has 4 aliphatic rings. The van der Waals surface area contributed by atoms with Gasteiger partial charge in [-0.1, -0.05) is 19.1 Å². The van der Waals surface area contributed by atoms with Crippen LogP contribution in [-0.2, 0) is 35.3 Å². The van der Waals surface area contributed by atoms with Crippen LogP contribution in [0, 0.1) is 17.8 Å². The molecule has 2 saturated carbocycles. The summed E-state index contributed by atoms with van der Waals surface area (Å²) in [6.07, 6.45) is -2.56. The molecule has 0 unspecified atom stereocenters. The van der Waals surface area contributed by atoms with E-state index in [0.717, 1.165) is 4.90 Å². The van der Waals surface area contributed by atoms with Crippen LogP contribution >= 0.6 is 0 Å². The first-order valence-corrected chi connectivity index (χ1v) is 19.7. The minimum atomic E-state index is -5.03. The number of carboxylic acid groups (broad SMARTS) is 1. The van der Waals surface area contributed by atoms with E-state index in [1.165, 1.54) is 39.3 Å². The van der Waals surface area contributed by atoms with Crippen LogP contribution in [0.25, 0.3) is 11.0 Å². The van der Waals surface area contributed by atoms with Crippen LogP contribution < -0.4 is 24.8 Å². The highest BCUT2D eigenvalue weighted by Crippen LogP contribution is 2.48. The number of hydrogen-bond donors (Lipinski definition) is 4. The number of allylic oxidation sites excluding steroid dienone is 1. The van der Waals surface area contributed by atoms with E-state index in [0.29, 0.717) is 32.1 Å². The molecule has 2 aliphatic carbocycles. The normalized spacial score (nSPS) is 29.8. The lowest BCUT2D eigenvalue weighted by Gasteiger charge is -2.33. The van der Waals surface area contributed by atoms with Gasteiger partial charge in [0.2, 0.25) is 33.4 Å². The fraction of sp³-hybridized carbons (Fsp3) is 0.611. The molecule has 4 amide bonds. The Hall–Kier alpha value is -4.72. The summed E-state index contributed by atoms with van der Waals surface area (Å²) in [5, 5.41) is 14.8. The quantitative estimate of drug-likeness (QED) is 0.269. The monoisotopic (exact) mass is 810 g/mol. The molecule has 1 aromatic heterocycles. The van der Waals surface area contributed by atoms with Crippen molar-refractivity contribution in [1.82, 2.24) is 30.2 Å². The molecule has 1 aromatic carbocycles. The Kier molecular flexibility index (Phi) is 11.2. The van der Waals surface area contributed by atoms with Crippen molar-refractivity contribution in [2.75, 3.05) is 27.4 Å². The van der Waals surface area contributed by atoms with Gasteiger partial charge >= 0.3 is 12.3 Å². The summed E-state index contributed by atoms with van der Waals surface area (Å²) in [6, 6.07) is 1.10. The van der Waals surface area contributed by atoms with Gasteiger partial charge in [0.15, 0.2) is 0 Å². The van der Waals surface area contributed by atoms with Crippen LogP contribution in [0.5, 0.6) is 11.6 Å². The van der Waals surface area contributed by atoms with Gasteiger partial charge in [-0.2, -0.15) is 13.2 Å². The van der Waals surface area contributed by atoms with Crippen molar-refractivity contribution in [3.05, 3.63) is 36.0 Å². The zero-order valence-electron chi connectivity index (χ0n) is 31.2. The van der Waals surface area contributed by atoms with Crippen LogP contribution in [-0.4, -0.2) is 108 Å². The molecule has 4 N–H and O–H groups in total. The van der Waals surface area contributed by atoms with E-state index in [4.69, 9.17) is 14.2 Å². The number of fused-ring (bicyclic) bond motifs is 3. The van der Waals surface area contributed by atoms with Crippen LogP contribution in [0.4, 0.5) is 18.0 Å². The Morgan fingerprint density at radius 3 is 2.50 bits per heavy atom. The van der Waals surface area contributed by atoms with E-state index in [2.05, 4.69) is 25.3 Å². The number of aromatic nitrogens is 2. The lowest BCUT2D eigenvalue weighted by molar-refractivity contribution is -0.143. The number of hydrogen-bond acceptors (Lipinski definition) is 11. The van der Waals surface area contributed by atoms with Crippen LogP contribution in [0.15, 0.2) is 30.4 Å². The molecule has 6 rings (SSSR count). The van der Waals surface area contributed by atoms with Gasteiger partial charge in [-0.05, 0) is 63.5 Å². The fourth-order valence-corrected chi connectivity index (χ4v) is 8.81. The summed E-state index contributed by atoms with van der Waals surface area (Å²) in [6.45, 7) is 2.88. The number of rotatable bonds is 9. The molecule has 3 heterocycles. The Morgan fingerprint density at radius 2 is 1.86 bits per heavy atom. The molecule has 7 atom stereocenters. The first-order chi connectivity index (χ1) is 26.3. The largest absolute Gasteiger partial charge is 0.497 e. The Labute approximate surface area is 321 Å². The van der Waals surface area contributed by atoms with E-state index in [-0.39, 0.29) is 35.7 Å². The topological polar surface area (TPSA) is 215 Å². The molecule has 56 heavy (non-hydrogen) atoms. The highest BCUT2D eigenvalue weighted by Gasteiger charge is 2.63. The minimum absolute atomic E-state index is 0.00653. The van der Waals surface area contributed by atoms with Crippen molar-refractivity contribution in [2.45, 2.75) is 93.4 Å². The van der Waals surface area contributed by atoms with Gasteiger partial charge in [0.05, 0.1) is 36.0 Å². The van der Waals surface area contributed by atoms with Gasteiger partial charge in [-0.25, -0.2) is 23.2 Å². The van der Waals surface area contributed by atoms with E-state index in [1.54, 1.807) is 6.08 Å². The number of carbonyl (C=O) groups excluding carboxylic acids is 3. The van der Waals surface area contributed by atoms with E-state index in [9.17, 15) is 45.9 Å². The molecule has 20 heteroatoms. The molecule has 0 bridgehead atoms. The molecule has 1 saturated heterocycles. The Bertz CT molecular complexity index is 2030. The molecular formula is C36H45F3N6O10S. The number of alkyl halides is 3. The second-order valence-corrected chi connectivity index (χ2v) is 17.6. The van der Waals surface area contributed by atoms with Gasteiger partial charge in [-0.3, -0.25) is 19.1 Å². The van der Waals surface area contributed by atoms with Gasteiger partial charge in [0.1, 0.15) is 29.5 Å². The van der Waals surface area contributed by atoms with Crippen molar-refractivity contribution >= 4 is 44.9 Å². The first-order valence-electron chi connectivity index (χ1n) is 18.2. The lowest BCUT2D eigenvalue weighted by atomic mass is 9.87. The number of benzene rings is 1. The maximum atomic E-state index is 14.5. The van der Waals surface area contributed by atoms with Crippen molar-refractivity contribution < 1.29 is 60.1 Å². The maximum Gasteiger partial charge on any atom is 0.438 e. The highest BCUT2D eigenvalue weighted by molar-refractivity contribution is 7.91. The minimum Gasteiger partial charge on any atom is -0.497 e. The third-order valence-corrected chi connectivity index (χ3v) is 13.3. The number of sulfonamides is 1. The van der Waals surface area contributed by atoms with E-state index in [1.807, 2.05) is 13.0 Å². The van der Waals surface area contributed by atoms with Crippen LogP contribution in [0.1, 0.15) is 64.5 Å². The second-order valence-electron chi connectivity index (χ2n) is 15.4. The van der Waals surface area contributed by atoms with Gasteiger partial charge in [0, 0.05) is 31.4 Å². The van der Waals surface area contributed by atoms with Gasteiger partial charge in [-0.15, -0.1) is 0 Å². The molecule has 306 valence electrons. The average molecular weight is 811 g/mol. The zero-order chi connectivity index (χ0) is 40.8. The Morgan fingerprint density at radius 1 is 1.12 bits per heavy atom. The SMILES string of the molecule is COC[C@@H]1C[C@H](C)CC/C=C\[C@@H]2C[C@@]2(C(=O)NS(=O)(=O)C2(C)CC2)NC(=O)[C@@H]2C[C@@H](Oc3nc4cc(OC)ccc4nc3C(F)(F)F)CN2C(=O)[C@H]1NC(=O)O. The summed E-state index contributed by atoms with van der Waals surface area (Å²) in [5.74, 6) is -4.80. The third kappa shape index (κ3) is 8.35. The summed E-state index contributed by atoms with van der Waals surface area (Å²) < 4.78 is 86.7. The van der Waals surface area contributed by atoms with Crippen molar-refractivity contribution in [3.63, 3.8) is 0 Å². The van der Waals surface area contributed by atoms with E-state index < -0.39 is 105 Å². The number of amides is 4. The van der Waals surface area contributed by atoms with Crippen LogP contribution in [0.3, 0.4) is 0 Å². The number of nitrogens with zero attached hydrogens (tertiary/aromatic N) is 3. The molecule has 0 spiro atoms. The number of halogens is 3. The summed E-state index contributed by atoms with van der Waals surface area (Å²) >= 11 is 0. The number of carbonyl (C=O) groups is 4. The summed E-state index contributed by atoms with van der Waals surface area (Å²) in [7, 11) is -1.37. The second kappa shape index (κ2) is 15.3. The van der Waals surface area contributed by atoms with Gasteiger partial charge in [0.25, 0.3) is 5.91 Å². The molecule has 0 radical (unpaired) electrons. The molecule has 3 fully saturated rings. The van der Waals surface area contributed by atoms with Gasteiger partial charge < -0.3 is 34.9 Å². The maximum absolute atomic E-state index is 14.5. The van der Waals surface area contributed by atoms with Crippen molar-refractivity contribution in [3.8, 4) is 11.6 Å². The molecule has 2 aromatic rings.